The van der Waals surface area contributed by atoms with Gasteiger partial charge in [-0.2, -0.15) is 0 Å². The molecule has 1 amide bonds. The summed E-state index contributed by atoms with van der Waals surface area (Å²) < 4.78 is 10.3. The Balaban J connectivity index is 1.60. The monoisotopic (exact) mass is 487 g/mol. The van der Waals surface area contributed by atoms with Gasteiger partial charge in [0.25, 0.3) is 0 Å². The molecular formula is C24H25NO6S2. The summed E-state index contributed by atoms with van der Waals surface area (Å²) in [4.78, 5) is 38.3. The minimum Gasteiger partial charge on any atom is -0.497 e. The average Bonchev–Trinajstić information content (AvgIpc) is 3.24. The molecule has 0 aromatic heterocycles. The lowest BCUT2D eigenvalue weighted by molar-refractivity contribution is -0.139. The van der Waals surface area contributed by atoms with E-state index in [1.54, 1.807) is 49.6 Å². The van der Waals surface area contributed by atoms with E-state index < -0.39 is 18.5 Å². The van der Waals surface area contributed by atoms with E-state index in [1.165, 1.54) is 23.5 Å². The van der Waals surface area contributed by atoms with Gasteiger partial charge in [-0.05, 0) is 53.8 Å². The quantitative estimate of drug-likeness (QED) is 0.359. The first-order valence-corrected chi connectivity index (χ1v) is 12.2. The highest BCUT2D eigenvalue weighted by Crippen LogP contribution is 2.38. The standard InChI is InChI=1S/C24H25NO6S2/c1-3-18-12-20(23(29)15-7-9-16(30-2)10-8-15)24(33-18)25-21(26)14-32-19-6-4-5-17(11-19)31-13-22(27)28/h4-12,20,24H,3,13-14H2,1-2H3,(H,25,26)(H,27,28). The summed E-state index contributed by atoms with van der Waals surface area (Å²) in [6.45, 7) is 1.59. The van der Waals surface area contributed by atoms with E-state index in [2.05, 4.69) is 5.32 Å². The SMILES string of the molecule is CCC1=CC(C(=O)c2ccc(OC)cc2)C(NC(=O)CSc2cccc(OCC(=O)O)c2)S1. The van der Waals surface area contributed by atoms with Gasteiger partial charge in [-0.1, -0.05) is 19.1 Å². The molecule has 2 N–H and O–H groups in total. The molecule has 9 heteroatoms. The zero-order chi connectivity index (χ0) is 23.8. The van der Waals surface area contributed by atoms with Crippen molar-refractivity contribution in [1.82, 2.24) is 5.32 Å². The van der Waals surface area contributed by atoms with E-state index in [-0.39, 0.29) is 22.8 Å². The maximum absolute atomic E-state index is 13.1. The summed E-state index contributed by atoms with van der Waals surface area (Å²) in [7, 11) is 1.57. The number of rotatable bonds is 11. The molecule has 1 aliphatic heterocycles. The van der Waals surface area contributed by atoms with Crippen LogP contribution in [0.25, 0.3) is 0 Å². The number of carboxylic acid groups (broad SMARTS) is 1. The molecule has 0 saturated heterocycles. The molecule has 33 heavy (non-hydrogen) atoms. The van der Waals surface area contributed by atoms with Crippen molar-refractivity contribution in [2.75, 3.05) is 19.5 Å². The fourth-order valence-electron chi connectivity index (χ4n) is 3.19. The Morgan fingerprint density at radius 1 is 1.12 bits per heavy atom. The summed E-state index contributed by atoms with van der Waals surface area (Å²) in [5.41, 5.74) is 0.571. The number of ether oxygens (including phenoxy) is 2. The van der Waals surface area contributed by atoms with Crippen molar-refractivity contribution in [2.24, 2.45) is 5.92 Å². The number of carboxylic acids is 1. The number of benzene rings is 2. The number of carbonyl (C=O) groups is 3. The fraction of sp³-hybridized carbons (Fsp3) is 0.292. The lowest BCUT2D eigenvalue weighted by Crippen LogP contribution is -2.39. The highest BCUT2D eigenvalue weighted by atomic mass is 32.2. The third-order valence-corrected chi connectivity index (χ3v) is 7.22. The van der Waals surface area contributed by atoms with E-state index in [4.69, 9.17) is 14.6 Å². The molecule has 0 fully saturated rings. The van der Waals surface area contributed by atoms with Gasteiger partial charge in [-0.25, -0.2) is 4.79 Å². The van der Waals surface area contributed by atoms with Gasteiger partial charge < -0.3 is 19.9 Å². The third-order valence-electron chi connectivity index (χ3n) is 4.84. The Bertz CT molecular complexity index is 1040. The van der Waals surface area contributed by atoms with Crippen LogP contribution in [-0.4, -0.2) is 47.6 Å². The van der Waals surface area contributed by atoms with Crippen LogP contribution in [0.3, 0.4) is 0 Å². The van der Waals surface area contributed by atoms with Crippen molar-refractivity contribution in [2.45, 2.75) is 23.6 Å². The molecule has 2 atom stereocenters. The van der Waals surface area contributed by atoms with E-state index in [9.17, 15) is 14.4 Å². The van der Waals surface area contributed by atoms with E-state index in [1.807, 2.05) is 19.1 Å². The van der Waals surface area contributed by atoms with Crippen LogP contribution < -0.4 is 14.8 Å². The number of amides is 1. The minimum absolute atomic E-state index is 0.0464. The number of Topliss-reactive ketones (excluding diaryl/α,β-unsaturated/α-hetero) is 1. The summed E-state index contributed by atoms with van der Waals surface area (Å²) in [6.07, 6.45) is 2.74. The first kappa shape index (κ1) is 24.7. The molecule has 0 radical (unpaired) electrons. The van der Waals surface area contributed by atoms with Crippen LogP contribution in [0, 0.1) is 5.92 Å². The van der Waals surface area contributed by atoms with E-state index >= 15 is 0 Å². The maximum atomic E-state index is 13.1. The van der Waals surface area contributed by atoms with E-state index in [0.29, 0.717) is 17.1 Å². The highest BCUT2D eigenvalue weighted by Gasteiger charge is 2.34. The van der Waals surface area contributed by atoms with Crippen molar-refractivity contribution in [3.05, 3.63) is 65.1 Å². The number of ketones is 1. The van der Waals surface area contributed by atoms with Gasteiger partial charge in [0.2, 0.25) is 5.91 Å². The molecule has 0 saturated carbocycles. The lowest BCUT2D eigenvalue weighted by atomic mass is 9.96. The number of carbonyl (C=O) groups excluding carboxylic acids is 2. The Labute approximate surface area is 200 Å². The number of methoxy groups -OCH3 is 1. The van der Waals surface area contributed by atoms with Gasteiger partial charge in [0.05, 0.1) is 24.2 Å². The van der Waals surface area contributed by atoms with Crippen LogP contribution in [-0.2, 0) is 9.59 Å². The van der Waals surface area contributed by atoms with Crippen LogP contribution in [0.5, 0.6) is 11.5 Å². The predicted octanol–water partition coefficient (Wildman–Crippen LogP) is 4.23. The van der Waals surface area contributed by atoms with Gasteiger partial charge in [0.1, 0.15) is 11.5 Å². The third kappa shape index (κ3) is 7.03. The van der Waals surface area contributed by atoms with Crippen molar-refractivity contribution in [3.63, 3.8) is 0 Å². The van der Waals surface area contributed by atoms with Crippen molar-refractivity contribution < 1.29 is 29.0 Å². The molecule has 1 heterocycles. The van der Waals surface area contributed by atoms with Gasteiger partial charge in [-0.15, -0.1) is 23.5 Å². The first-order valence-electron chi connectivity index (χ1n) is 10.3. The summed E-state index contributed by atoms with van der Waals surface area (Å²) >= 11 is 2.82. The molecule has 1 aliphatic rings. The van der Waals surface area contributed by atoms with Gasteiger partial charge in [0, 0.05) is 10.5 Å². The second kappa shape index (κ2) is 11.8. The molecule has 2 aromatic rings. The van der Waals surface area contributed by atoms with Gasteiger partial charge in [0.15, 0.2) is 12.4 Å². The number of hydrogen-bond donors (Lipinski definition) is 2. The zero-order valence-electron chi connectivity index (χ0n) is 18.3. The summed E-state index contributed by atoms with van der Waals surface area (Å²) in [5.74, 6) is -0.472. The first-order chi connectivity index (χ1) is 15.9. The second-order valence-electron chi connectivity index (χ2n) is 7.16. The predicted molar refractivity (Wildman–Crippen MR) is 129 cm³/mol. The molecule has 0 bridgehead atoms. The normalized spacial score (nSPS) is 17.2. The number of aliphatic carboxylic acids is 1. The Hall–Kier alpha value is -2.91. The smallest absolute Gasteiger partial charge is 0.341 e. The molecule has 174 valence electrons. The number of nitrogens with one attached hydrogen (secondary N) is 1. The molecule has 0 spiro atoms. The van der Waals surface area contributed by atoms with Crippen LogP contribution >= 0.6 is 23.5 Å². The fourth-order valence-corrected chi connectivity index (χ4v) is 5.21. The van der Waals surface area contributed by atoms with Crippen LogP contribution in [0.15, 0.2) is 64.4 Å². The van der Waals surface area contributed by atoms with Gasteiger partial charge in [-0.3, -0.25) is 9.59 Å². The molecule has 2 unspecified atom stereocenters. The Kier molecular flexibility index (Phi) is 8.85. The topological polar surface area (TPSA) is 102 Å². The number of thioether (sulfide) groups is 2. The van der Waals surface area contributed by atoms with Crippen LogP contribution in [0.1, 0.15) is 23.7 Å². The van der Waals surface area contributed by atoms with Crippen LogP contribution in [0.4, 0.5) is 0 Å². The van der Waals surface area contributed by atoms with Crippen molar-refractivity contribution >= 4 is 41.2 Å². The number of hydrogen-bond acceptors (Lipinski definition) is 7. The number of allylic oxidation sites excluding steroid dienone is 1. The molecule has 7 nitrogen and oxygen atoms in total. The average molecular weight is 488 g/mol. The highest BCUT2D eigenvalue weighted by molar-refractivity contribution is 8.04. The molecular weight excluding hydrogens is 462 g/mol. The van der Waals surface area contributed by atoms with Crippen LogP contribution in [0.2, 0.25) is 0 Å². The molecule has 3 rings (SSSR count). The van der Waals surface area contributed by atoms with E-state index in [0.717, 1.165) is 16.2 Å². The Morgan fingerprint density at radius 2 is 1.88 bits per heavy atom. The largest absolute Gasteiger partial charge is 0.497 e. The molecule has 0 aliphatic carbocycles. The summed E-state index contributed by atoms with van der Waals surface area (Å²) in [5, 5.41) is 11.4. The maximum Gasteiger partial charge on any atom is 0.341 e. The minimum atomic E-state index is -1.06. The lowest BCUT2D eigenvalue weighted by Gasteiger charge is -2.19. The zero-order valence-corrected chi connectivity index (χ0v) is 19.9. The van der Waals surface area contributed by atoms with Crippen molar-refractivity contribution in [3.8, 4) is 11.5 Å². The van der Waals surface area contributed by atoms with Gasteiger partial charge >= 0.3 is 5.97 Å². The molecule has 2 aromatic carbocycles. The second-order valence-corrected chi connectivity index (χ2v) is 9.47. The van der Waals surface area contributed by atoms with Crippen molar-refractivity contribution in [1.29, 1.82) is 0 Å². The Morgan fingerprint density at radius 3 is 2.55 bits per heavy atom. The summed E-state index contributed by atoms with van der Waals surface area (Å²) in [6, 6.07) is 13.9.